The largest absolute Gasteiger partial charge is 0.481 e. The first kappa shape index (κ1) is 9.26. The minimum absolute atomic E-state index is 0.291. The summed E-state index contributed by atoms with van der Waals surface area (Å²) in [6.07, 6.45) is 5.38. The molecule has 0 aromatic heterocycles. The van der Waals surface area contributed by atoms with Crippen LogP contribution in [-0.4, -0.2) is 16.2 Å². The zero-order valence-electron chi connectivity index (χ0n) is 6.21. The van der Waals surface area contributed by atoms with Crippen molar-refractivity contribution < 1.29 is 14.3 Å². The summed E-state index contributed by atoms with van der Waals surface area (Å²) in [6, 6.07) is 0. The lowest BCUT2D eigenvalue weighted by Gasteiger charge is -2.23. The van der Waals surface area contributed by atoms with E-state index in [0.29, 0.717) is 0 Å². The number of hydrogen-bond donors (Lipinski definition) is 1. The average Bonchev–Trinajstić information content (AvgIpc) is 1.92. The molecule has 1 N–H and O–H groups in total. The zero-order chi connectivity index (χ0) is 9.19. The third-order valence-electron chi connectivity index (χ3n) is 1.66. The maximum Gasteiger partial charge on any atom is 0.304 e. The summed E-state index contributed by atoms with van der Waals surface area (Å²) >= 11 is 5.41. The van der Waals surface area contributed by atoms with Gasteiger partial charge in [0.2, 0.25) is 5.13 Å². The maximum absolute atomic E-state index is 13.3. The van der Waals surface area contributed by atoms with Crippen LogP contribution in [0.5, 0.6) is 0 Å². The highest BCUT2D eigenvalue weighted by Crippen LogP contribution is 2.34. The summed E-state index contributed by atoms with van der Waals surface area (Å²) in [7, 11) is 0. The summed E-state index contributed by atoms with van der Waals surface area (Å²) in [5.41, 5.74) is 0. The highest BCUT2D eigenvalue weighted by molar-refractivity contribution is 6.24. The van der Waals surface area contributed by atoms with Crippen molar-refractivity contribution in [3.63, 3.8) is 0 Å². The van der Waals surface area contributed by atoms with E-state index in [1.165, 1.54) is 12.2 Å². The standard InChI is InChI=1S/C8H8ClFO2/c9-8(10)4-2-1-3-6(8)5-7(11)12/h1-4,6H,5H2,(H,11,12). The second-order valence-corrected chi connectivity index (χ2v) is 3.20. The maximum atomic E-state index is 13.3. The van der Waals surface area contributed by atoms with E-state index >= 15 is 0 Å². The van der Waals surface area contributed by atoms with E-state index in [9.17, 15) is 9.18 Å². The van der Waals surface area contributed by atoms with E-state index in [1.54, 1.807) is 6.08 Å². The number of carboxylic acids is 1. The fraction of sp³-hybridized carbons (Fsp3) is 0.375. The molecule has 4 heteroatoms. The quantitative estimate of drug-likeness (QED) is 0.678. The first-order chi connectivity index (χ1) is 5.52. The third kappa shape index (κ3) is 2.08. The van der Waals surface area contributed by atoms with E-state index in [1.807, 2.05) is 0 Å². The van der Waals surface area contributed by atoms with Crippen molar-refractivity contribution in [2.75, 3.05) is 0 Å². The van der Waals surface area contributed by atoms with Gasteiger partial charge in [-0.05, 0) is 6.08 Å². The van der Waals surface area contributed by atoms with Gasteiger partial charge in [-0.25, -0.2) is 4.39 Å². The fourth-order valence-electron chi connectivity index (χ4n) is 1.03. The lowest BCUT2D eigenvalue weighted by molar-refractivity contribution is -0.138. The molecular weight excluding hydrogens is 183 g/mol. The Morgan fingerprint density at radius 1 is 1.67 bits per heavy atom. The highest BCUT2D eigenvalue weighted by atomic mass is 35.5. The Morgan fingerprint density at radius 2 is 2.33 bits per heavy atom. The first-order valence-electron chi connectivity index (χ1n) is 3.48. The van der Waals surface area contributed by atoms with Crippen LogP contribution in [0.25, 0.3) is 0 Å². The second-order valence-electron chi connectivity index (χ2n) is 2.62. The van der Waals surface area contributed by atoms with Crippen molar-refractivity contribution in [3.8, 4) is 0 Å². The Morgan fingerprint density at radius 3 is 2.83 bits per heavy atom. The van der Waals surface area contributed by atoms with Crippen LogP contribution in [0.2, 0.25) is 0 Å². The molecule has 1 aliphatic carbocycles. The molecule has 0 amide bonds. The van der Waals surface area contributed by atoms with Gasteiger partial charge in [0, 0.05) is 5.92 Å². The van der Waals surface area contributed by atoms with Crippen LogP contribution in [0.4, 0.5) is 4.39 Å². The van der Waals surface area contributed by atoms with Gasteiger partial charge in [0.1, 0.15) is 0 Å². The van der Waals surface area contributed by atoms with Gasteiger partial charge < -0.3 is 5.11 Å². The van der Waals surface area contributed by atoms with E-state index in [-0.39, 0.29) is 6.42 Å². The molecule has 1 aliphatic rings. The van der Waals surface area contributed by atoms with Gasteiger partial charge in [0.25, 0.3) is 0 Å². The number of carbonyl (C=O) groups is 1. The van der Waals surface area contributed by atoms with Crippen LogP contribution in [-0.2, 0) is 4.79 Å². The van der Waals surface area contributed by atoms with Crippen molar-refractivity contribution in [2.24, 2.45) is 5.92 Å². The van der Waals surface area contributed by atoms with Gasteiger partial charge in [0.05, 0.1) is 6.42 Å². The Kier molecular flexibility index (Phi) is 2.52. The summed E-state index contributed by atoms with van der Waals surface area (Å²) in [4.78, 5) is 10.3. The van der Waals surface area contributed by atoms with Crippen molar-refractivity contribution in [3.05, 3.63) is 24.3 Å². The Labute approximate surface area is 74.3 Å². The number of hydrogen-bond acceptors (Lipinski definition) is 1. The van der Waals surface area contributed by atoms with Gasteiger partial charge in [0.15, 0.2) is 0 Å². The molecule has 2 nitrogen and oxygen atoms in total. The average molecular weight is 191 g/mol. The molecule has 0 aliphatic heterocycles. The molecule has 0 radical (unpaired) electrons. The Bertz CT molecular complexity index is 245. The minimum atomic E-state index is -2.05. The van der Waals surface area contributed by atoms with Gasteiger partial charge in [-0.3, -0.25) is 4.79 Å². The second kappa shape index (κ2) is 3.27. The zero-order valence-corrected chi connectivity index (χ0v) is 6.96. The minimum Gasteiger partial charge on any atom is -0.481 e. The number of halogens is 2. The van der Waals surface area contributed by atoms with Crippen molar-refractivity contribution in [1.29, 1.82) is 0 Å². The Hall–Kier alpha value is -0.830. The molecule has 0 heterocycles. The van der Waals surface area contributed by atoms with Gasteiger partial charge in [-0.15, -0.1) is 0 Å². The van der Waals surface area contributed by atoms with E-state index in [0.717, 1.165) is 6.08 Å². The molecule has 66 valence electrons. The van der Waals surface area contributed by atoms with Gasteiger partial charge >= 0.3 is 5.97 Å². The molecule has 2 atom stereocenters. The molecule has 0 saturated carbocycles. The molecule has 0 saturated heterocycles. The SMILES string of the molecule is O=C(O)CC1C=CC=CC1(F)Cl. The summed E-state index contributed by atoms with van der Waals surface area (Å²) < 4.78 is 13.3. The predicted octanol–water partition coefficient (Wildman–Crippen LogP) is 2.11. The normalized spacial score (nSPS) is 33.7. The lowest BCUT2D eigenvalue weighted by Crippen LogP contribution is -2.26. The van der Waals surface area contributed by atoms with Crippen LogP contribution >= 0.6 is 11.6 Å². The third-order valence-corrected chi connectivity index (χ3v) is 2.07. The van der Waals surface area contributed by atoms with Crippen LogP contribution in [0.1, 0.15) is 6.42 Å². The van der Waals surface area contributed by atoms with Gasteiger partial charge in [-0.2, -0.15) is 0 Å². The van der Waals surface area contributed by atoms with Crippen molar-refractivity contribution in [2.45, 2.75) is 11.5 Å². The molecule has 0 spiro atoms. The van der Waals surface area contributed by atoms with Crippen LogP contribution in [0, 0.1) is 5.92 Å². The van der Waals surface area contributed by atoms with Crippen LogP contribution in [0.15, 0.2) is 24.3 Å². The predicted molar refractivity (Wildman–Crippen MR) is 43.7 cm³/mol. The van der Waals surface area contributed by atoms with E-state index in [4.69, 9.17) is 16.7 Å². The number of rotatable bonds is 2. The number of allylic oxidation sites excluding steroid dienone is 4. The molecule has 2 unspecified atom stereocenters. The van der Waals surface area contributed by atoms with E-state index in [2.05, 4.69) is 0 Å². The lowest BCUT2D eigenvalue weighted by atomic mass is 9.95. The monoisotopic (exact) mass is 190 g/mol. The van der Waals surface area contributed by atoms with Crippen molar-refractivity contribution in [1.82, 2.24) is 0 Å². The van der Waals surface area contributed by atoms with Crippen molar-refractivity contribution >= 4 is 17.6 Å². The smallest absolute Gasteiger partial charge is 0.304 e. The van der Waals surface area contributed by atoms with E-state index < -0.39 is 17.0 Å². The van der Waals surface area contributed by atoms with Crippen LogP contribution in [0.3, 0.4) is 0 Å². The fourth-order valence-corrected chi connectivity index (χ4v) is 1.25. The number of aliphatic carboxylic acids is 1. The highest BCUT2D eigenvalue weighted by Gasteiger charge is 2.35. The molecule has 0 bridgehead atoms. The Balaban J connectivity index is 2.70. The summed E-state index contributed by atoms with van der Waals surface area (Å²) in [5, 5.41) is 6.37. The number of alkyl halides is 2. The first-order valence-corrected chi connectivity index (χ1v) is 3.86. The molecule has 0 aromatic rings. The molecule has 12 heavy (non-hydrogen) atoms. The topological polar surface area (TPSA) is 37.3 Å². The summed E-state index contributed by atoms with van der Waals surface area (Å²) in [6.45, 7) is 0. The summed E-state index contributed by atoms with van der Waals surface area (Å²) in [5.74, 6) is -1.83. The van der Waals surface area contributed by atoms with Crippen LogP contribution < -0.4 is 0 Å². The van der Waals surface area contributed by atoms with Gasteiger partial charge in [-0.1, -0.05) is 29.8 Å². The number of carboxylic acid groups (broad SMARTS) is 1. The molecular formula is C8H8ClFO2. The molecule has 0 fully saturated rings. The molecule has 0 aromatic carbocycles. The molecule has 1 rings (SSSR count).